The number of aromatic nitrogens is 2. The van der Waals surface area contributed by atoms with Gasteiger partial charge in [0, 0.05) is 33.5 Å². The SMILES string of the molecule is Fc1cc(-c2ccc(-c3ccc(N(c4ccc(-c5ccccc5)cc4)c4cccnc4)c(F)c3)s2)ccc1N(c1ccc(-c2ccccc2)cc1)c1cccnc1. The number of rotatable bonds is 10. The molecule has 0 saturated carbocycles. The van der Waals surface area contributed by atoms with Crippen molar-refractivity contribution in [1.29, 1.82) is 0 Å². The van der Waals surface area contributed by atoms with E-state index in [1.165, 1.54) is 11.3 Å². The van der Waals surface area contributed by atoms with Crippen molar-refractivity contribution in [3.05, 3.63) is 218 Å². The number of benzene rings is 6. The Morgan fingerprint density at radius 1 is 0.351 bits per heavy atom. The molecule has 274 valence electrons. The van der Waals surface area contributed by atoms with Crippen LogP contribution < -0.4 is 9.80 Å². The lowest BCUT2D eigenvalue weighted by Crippen LogP contribution is -2.12. The van der Waals surface area contributed by atoms with Crippen LogP contribution >= 0.6 is 11.3 Å². The first-order valence-corrected chi connectivity index (χ1v) is 19.3. The summed E-state index contributed by atoms with van der Waals surface area (Å²) in [5, 5.41) is 0. The van der Waals surface area contributed by atoms with Crippen molar-refractivity contribution < 1.29 is 8.78 Å². The van der Waals surface area contributed by atoms with Crippen LogP contribution in [0.1, 0.15) is 0 Å². The fraction of sp³-hybridized carbons (Fsp3) is 0. The number of halogens is 2. The van der Waals surface area contributed by atoms with Crippen LogP contribution in [-0.4, -0.2) is 9.97 Å². The predicted octanol–water partition coefficient (Wildman–Crippen LogP) is 14.4. The van der Waals surface area contributed by atoms with Crippen LogP contribution in [0.15, 0.2) is 207 Å². The van der Waals surface area contributed by atoms with Crippen molar-refractivity contribution in [3.63, 3.8) is 0 Å². The Bertz CT molecular complexity index is 2550. The second-order valence-corrected chi connectivity index (χ2v) is 14.5. The van der Waals surface area contributed by atoms with Gasteiger partial charge in [-0.15, -0.1) is 11.3 Å². The van der Waals surface area contributed by atoms with Crippen LogP contribution in [0.3, 0.4) is 0 Å². The Morgan fingerprint density at radius 2 is 0.737 bits per heavy atom. The molecule has 0 amide bonds. The summed E-state index contributed by atoms with van der Waals surface area (Å²) < 4.78 is 32.6. The van der Waals surface area contributed by atoms with Crippen molar-refractivity contribution >= 4 is 45.5 Å². The molecule has 7 heteroatoms. The largest absolute Gasteiger partial charge is 0.306 e. The quantitative estimate of drug-likeness (QED) is 0.139. The van der Waals surface area contributed by atoms with Gasteiger partial charge in [0.2, 0.25) is 0 Å². The van der Waals surface area contributed by atoms with Crippen LogP contribution in [0.4, 0.5) is 42.9 Å². The smallest absolute Gasteiger partial charge is 0.147 e. The third kappa shape index (κ3) is 7.44. The lowest BCUT2D eigenvalue weighted by atomic mass is 10.0. The number of nitrogens with zero attached hydrogens (tertiary/aromatic N) is 4. The standard InChI is InChI=1S/C50H34F2N4S/c51-45-31-39(19-25-47(45)55(43-13-7-29-53-33-43)41-21-15-37(16-22-41)35-9-3-1-4-10-35)49-27-28-50(57-49)40-20-26-48(46(52)32-40)56(44-14-8-30-54-34-44)42-23-17-38(18-24-42)36-11-5-2-6-12-36/h1-34H. The summed E-state index contributed by atoms with van der Waals surface area (Å²) >= 11 is 1.49. The van der Waals surface area contributed by atoms with Gasteiger partial charge in [-0.05, 0) is 118 Å². The second kappa shape index (κ2) is 15.9. The minimum atomic E-state index is -0.374. The zero-order valence-corrected chi connectivity index (χ0v) is 31.4. The molecule has 0 bridgehead atoms. The molecule has 3 heterocycles. The molecule has 3 aromatic heterocycles. The van der Waals surface area contributed by atoms with Crippen LogP contribution in [0.5, 0.6) is 0 Å². The van der Waals surface area contributed by atoms with Crippen LogP contribution in [-0.2, 0) is 0 Å². The van der Waals surface area contributed by atoms with E-state index in [0.717, 1.165) is 65.9 Å². The molecule has 0 unspecified atom stereocenters. The van der Waals surface area contributed by atoms with Gasteiger partial charge in [-0.2, -0.15) is 0 Å². The zero-order chi connectivity index (χ0) is 38.6. The number of hydrogen-bond donors (Lipinski definition) is 0. The highest BCUT2D eigenvalue weighted by Crippen LogP contribution is 2.42. The molecular weight excluding hydrogens is 727 g/mol. The van der Waals surface area contributed by atoms with Gasteiger partial charge in [-0.1, -0.05) is 97.1 Å². The van der Waals surface area contributed by atoms with Gasteiger partial charge in [0.05, 0.1) is 35.1 Å². The van der Waals surface area contributed by atoms with E-state index in [4.69, 9.17) is 0 Å². The topological polar surface area (TPSA) is 32.3 Å². The molecule has 0 N–H and O–H groups in total. The average molecular weight is 761 g/mol. The maximum Gasteiger partial charge on any atom is 0.147 e. The van der Waals surface area contributed by atoms with Crippen LogP contribution in [0, 0.1) is 11.6 Å². The van der Waals surface area contributed by atoms with Gasteiger partial charge in [-0.25, -0.2) is 8.78 Å². The third-order valence-corrected chi connectivity index (χ3v) is 11.0. The molecule has 0 aliphatic rings. The summed E-state index contributed by atoms with van der Waals surface area (Å²) in [5.74, 6) is -0.748. The van der Waals surface area contributed by atoms with Crippen molar-refractivity contribution in [3.8, 4) is 43.1 Å². The molecule has 0 aliphatic carbocycles. The summed E-state index contributed by atoms with van der Waals surface area (Å²) in [6.07, 6.45) is 6.86. The van der Waals surface area contributed by atoms with E-state index in [1.54, 1.807) is 49.1 Å². The lowest BCUT2D eigenvalue weighted by molar-refractivity contribution is 0.629. The number of thiophene rings is 1. The molecular formula is C50H34F2N4S. The number of anilines is 6. The van der Waals surface area contributed by atoms with Gasteiger partial charge in [0.1, 0.15) is 11.6 Å². The molecule has 0 saturated heterocycles. The molecule has 9 rings (SSSR count). The highest BCUT2D eigenvalue weighted by atomic mass is 32.1. The molecule has 0 radical (unpaired) electrons. The van der Waals surface area contributed by atoms with Crippen molar-refractivity contribution in [2.45, 2.75) is 0 Å². The molecule has 57 heavy (non-hydrogen) atoms. The van der Waals surface area contributed by atoms with Gasteiger partial charge in [-0.3, -0.25) is 9.97 Å². The minimum Gasteiger partial charge on any atom is -0.306 e. The summed E-state index contributed by atoms with van der Waals surface area (Å²) in [5.41, 5.74) is 9.74. The Morgan fingerprint density at radius 3 is 1.11 bits per heavy atom. The normalized spacial score (nSPS) is 11.0. The molecule has 9 aromatic rings. The van der Waals surface area contributed by atoms with Gasteiger partial charge >= 0.3 is 0 Å². The fourth-order valence-electron chi connectivity index (χ4n) is 7.02. The van der Waals surface area contributed by atoms with Crippen LogP contribution in [0.2, 0.25) is 0 Å². The summed E-state index contributed by atoms with van der Waals surface area (Å²) in [6, 6.07) is 58.5. The van der Waals surface area contributed by atoms with E-state index in [9.17, 15) is 0 Å². The third-order valence-electron chi connectivity index (χ3n) is 9.83. The molecule has 0 aliphatic heterocycles. The van der Waals surface area contributed by atoms with E-state index < -0.39 is 0 Å². The first-order chi connectivity index (χ1) is 28.1. The molecule has 4 nitrogen and oxygen atoms in total. The molecule has 0 spiro atoms. The second-order valence-electron chi connectivity index (χ2n) is 13.4. The first kappa shape index (κ1) is 35.5. The average Bonchev–Trinajstić information content (AvgIpc) is 3.78. The molecule has 0 atom stereocenters. The molecule has 0 fully saturated rings. The first-order valence-electron chi connectivity index (χ1n) is 18.5. The Hall–Kier alpha value is -7.22. The van der Waals surface area contributed by atoms with Crippen molar-refractivity contribution in [1.82, 2.24) is 9.97 Å². The van der Waals surface area contributed by atoms with Gasteiger partial charge < -0.3 is 9.80 Å². The maximum atomic E-state index is 16.3. The van der Waals surface area contributed by atoms with Crippen LogP contribution in [0.25, 0.3) is 43.1 Å². The Balaban J connectivity index is 0.997. The maximum absolute atomic E-state index is 16.3. The zero-order valence-electron chi connectivity index (χ0n) is 30.6. The summed E-state index contributed by atoms with van der Waals surface area (Å²) in [4.78, 5) is 14.1. The van der Waals surface area contributed by atoms with Gasteiger partial charge in [0.15, 0.2) is 0 Å². The Kier molecular flexibility index (Phi) is 9.88. The van der Waals surface area contributed by atoms with E-state index in [2.05, 4.69) is 34.2 Å². The number of hydrogen-bond acceptors (Lipinski definition) is 5. The fourth-order valence-corrected chi connectivity index (χ4v) is 8.02. The monoisotopic (exact) mass is 760 g/mol. The predicted molar refractivity (Wildman–Crippen MR) is 231 cm³/mol. The number of pyridine rings is 2. The lowest BCUT2D eigenvalue weighted by Gasteiger charge is -2.26. The van der Waals surface area contributed by atoms with E-state index >= 15 is 8.78 Å². The van der Waals surface area contributed by atoms with E-state index in [1.807, 2.05) is 143 Å². The van der Waals surface area contributed by atoms with Crippen molar-refractivity contribution in [2.24, 2.45) is 0 Å². The van der Waals surface area contributed by atoms with Gasteiger partial charge in [0.25, 0.3) is 0 Å². The van der Waals surface area contributed by atoms with E-state index in [0.29, 0.717) is 11.4 Å². The summed E-state index contributed by atoms with van der Waals surface area (Å²) in [7, 11) is 0. The van der Waals surface area contributed by atoms with E-state index in [-0.39, 0.29) is 11.6 Å². The minimum absolute atomic E-state index is 0.374. The molecule has 6 aromatic carbocycles. The van der Waals surface area contributed by atoms with Crippen molar-refractivity contribution in [2.75, 3.05) is 9.80 Å². The summed E-state index contributed by atoms with van der Waals surface area (Å²) in [6.45, 7) is 0. The highest BCUT2D eigenvalue weighted by molar-refractivity contribution is 7.18. The Labute approximate surface area is 334 Å². The highest BCUT2D eigenvalue weighted by Gasteiger charge is 2.20.